The first-order chi connectivity index (χ1) is 11.0. The van der Waals surface area contributed by atoms with Crippen LogP contribution < -0.4 is 15.8 Å². The average molecular weight is 331 g/mol. The summed E-state index contributed by atoms with van der Waals surface area (Å²) in [6, 6.07) is 10.4. The van der Waals surface area contributed by atoms with Crippen LogP contribution in [-0.2, 0) is 13.0 Å². The summed E-state index contributed by atoms with van der Waals surface area (Å²) in [5.41, 5.74) is 8.17. The Kier molecular flexibility index (Phi) is 6.47. The largest absolute Gasteiger partial charge is 0.491 e. The Bertz CT molecular complexity index is 636. The number of nitrogens with one attached hydrogen (secondary N) is 1. The molecule has 5 heteroatoms. The van der Waals surface area contributed by atoms with Crippen LogP contribution in [0, 0.1) is 6.92 Å². The number of benzene rings is 1. The van der Waals surface area contributed by atoms with Gasteiger partial charge in [0.15, 0.2) is 5.96 Å². The van der Waals surface area contributed by atoms with Gasteiger partial charge in [-0.3, -0.25) is 0 Å². The Morgan fingerprint density at radius 1 is 1.35 bits per heavy atom. The van der Waals surface area contributed by atoms with Gasteiger partial charge >= 0.3 is 0 Å². The molecule has 0 unspecified atom stereocenters. The summed E-state index contributed by atoms with van der Waals surface area (Å²) in [5.74, 6) is 1.35. The quantitative estimate of drug-likeness (QED) is 0.603. The zero-order valence-electron chi connectivity index (χ0n) is 14.0. The molecule has 0 bridgehead atoms. The van der Waals surface area contributed by atoms with Gasteiger partial charge in [-0.2, -0.15) is 0 Å². The lowest BCUT2D eigenvalue weighted by Crippen LogP contribution is -2.33. The zero-order chi connectivity index (χ0) is 16.7. The smallest absolute Gasteiger partial charge is 0.188 e. The molecular formula is C18H25N3OS. The highest BCUT2D eigenvalue weighted by atomic mass is 32.1. The van der Waals surface area contributed by atoms with Crippen molar-refractivity contribution in [1.82, 2.24) is 5.32 Å². The Labute approximate surface area is 142 Å². The molecule has 3 N–H and O–H groups in total. The van der Waals surface area contributed by atoms with Gasteiger partial charge in [-0.1, -0.05) is 18.2 Å². The minimum atomic E-state index is 0.140. The number of aryl methyl sites for hydroxylation is 1. The van der Waals surface area contributed by atoms with Crippen LogP contribution in [0.4, 0.5) is 0 Å². The summed E-state index contributed by atoms with van der Waals surface area (Å²) in [4.78, 5) is 5.76. The molecule has 23 heavy (non-hydrogen) atoms. The van der Waals surface area contributed by atoms with Crippen molar-refractivity contribution in [3.8, 4) is 5.75 Å². The lowest BCUT2D eigenvalue weighted by atomic mass is 10.1. The molecule has 1 aromatic carbocycles. The van der Waals surface area contributed by atoms with E-state index in [1.807, 2.05) is 19.9 Å². The number of thiophene rings is 1. The van der Waals surface area contributed by atoms with E-state index in [9.17, 15) is 0 Å². The summed E-state index contributed by atoms with van der Waals surface area (Å²) >= 11 is 1.76. The van der Waals surface area contributed by atoms with Gasteiger partial charge in [0.2, 0.25) is 0 Å². The Morgan fingerprint density at radius 2 is 2.17 bits per heavy atom. The van der Waals surface area contributed by atoms with Crippen molar-refractivity contribution < 1.29 is 4.74 Å². The molecule has 0 saturated heterocycles. The van der Waals surface area contributed by atoms with Gasteiger partial charge < -0.3 is 15.8 Å². The molecule has 2 aromatic rings. The van der Waals surface area contributed by atoms with E-state index in [1.165, 1.54) is 10.4 Å². The minimum Gasteiger partial charge on any atom is -0.491 e. The second-order valence-electron chi connectivity index (χ2n) is 5.74. The minimum absolute atomic E-state index is 0.140. The highest BCUT2D eigenvalue weighted by Gasteiger charge is 2.06. The molecular weight excluding hydrogens is 306 g/mol. The molecule has 2 rings (SSSR count). The fourth-order valence-electron chi connectivity index (χ4n) is 2.15. The van der Waals surface area contributed by atoms with E-state index in [-0.39, 0.29) is 6.10 Å². The third-order valence-electron chi connectivity index (χ3n) is 3.26. The fourth-order valence-corrected chi connectivity index (χ4v) is 2.86. The number of nitrogens with zero attached hydrogens (tertiary/aromatic N) is 1. The van der Waals surface area contributed by atoms with E-state index in [0.717, 1.165) is 24.3 Å². The maximum Gasteiger partial charge on any atom is 0.188 e. The molecule has 0 aliphatic rings. The Balaban J connectivity index is 1.90. The van der Waals surface area contributed by atoms with Gasteiger partial charge in [0.1, 0.15) is 5.75 Å². The van der Waals surface area contributed by atoms with Crippen molar-refractivity contribution in [3.63, 3.8) is 0 Å². The van der Waals surface area contributed by atoms with Gasteiger partial charge in [-0.25, -0.2) is 4.99 Å². The molecule has 0 fully saturated rings. The molecule has 0 saturated carbocycles. The summed E-state index contributed by atoms with van der Waals surface area (Å²) in [5, 5.41) is 5.24. The molecule has 0 spiro atoms. The second kappa shape index (κ2) is 8.58. The van der Waals surface area contributed by atoms with Crippen LogP contribution in [0.25, 0.3) is 0 Å². The van der Waals surface area contributed by atoms with Gasteiger partial charge in [0.25, 0.3) is 0 Å². The van der Waals surface area contributed by atoms with Crippen molar-refractivity contribution in [2.24, 2.45) is 10.7 Å². The molecule has 0 aliphatic carbocycles. The van der Waals surface area contributed by atoms with Crippen LogP contribution in [0.2, 0.25) is 0 Å². The summed E-state index contributed by atoms with van der Waals surface area (Å²) in [7, 11) is 0. The maximum atomic E-state index is 5.94. The number of nitrogens with two attached hydrogens (primary N) is 1. The van der Waals surface area contributed by atoms with E-state index < -0.39 is 0 Å². The van der Waals surface area contributed by atoms with Gasteiger partial charge in [0.05, 0.1) is 12.6 Å². The summed E-state index contributed by atoms with van der Waals surface area (Å²) in [6.45, 7) is 7.41. The number of ether oxygens (including phenoxy) is 1. The van der Waals surface area contributed by atoms with Crippen molar-refractivity contribution in [2.75, 3.05) is 6.54 Å². The lowest BCUT2D eigenvalue weighted by molar-refractivity contribution is 0.240. The van der Waals surface area contributed by atoms with Gasteiger partial charge in [0, 0.05) is 17.0 Å². The molecule has 0 amide bonds. The average Bonchev–Trinajstić information content (AvgIpc) is 2.99. The number of hydrogen-bond acceptors (Lipinski definition) is 3. The highest BCUT2D eigenvalue weighted by molar-refractivity contribution is 7.09. The van der Waals surface area contributed by atoms with Gasteiger partial charge in [-0.15, -0.1) is 11.3 Å². The first-order valence-electron chi connectivity index (χ1n) is 7.87. The van der Waals surface area contributed by atoms with Crippen molar-refractivity contribution in [1.29, 1.82) is 0 Å². The zero-order valence-corrected chi connectivity index (χ0v) is 14.8. The van der Waals surface area contributed by atoms with Crippen LogP contribution in [0.3, 0.4) is 0 Å². The topological polar surface area (TPSA) is 59.6 Å². The number of guanidine groups is 1. The van der Waals surface area contributed by atoms with Crippen LogP contribution >= 0.6 is 11.3 Å². The third-order valence-corrected chi connectivity index (χ3v) is 4.20. The molecule has 0 aliphatic heterocycles. The summed E-state index contributed by atoms with van der Waals surface area (Å²) < 4.78 is 5.86. The highest BCUT2D eigenvalue weighted by Crippen LogP contribution is 2.22. The van der Waals surface area contributed by atoms with Crippen LogP contribution in [0.15, 0.2) is 40.7 Å². The molecule has 0 atom stereocenters. The normalized spacial score (nSPS) is 11.7. The molecule has 0 radical (unpaired) electrons. The van der Waals surface area contributed by atoms with E-state index in [0.29, 0.717) is 12.5 Å². The Morgan fingerprint density at radius 3 is 2.87 bits per heavy atom. The van der Waals surface area contributed by atoms with Gasteiger partial charge in [-0.05, 0) is 50.3 Å². The van der Waals surface area contributed by atoms with Crippen LogP contribution in [-0.4, -0.2) is 18.6 Å². The van der Waals surface area contributed by atoms with Crippen LogP contribution in [0.1, 0.15) is 29.9 Å². The van der Waals surface area contributed by atoms with Crippen LogP contribution in [0.5, 0.6) is 5.75 Å². The molecule has 1 aromatic heterocycles. The fraction of sp³-hybridized carbons (Fsp3) is 0.389. The maximum absolute atomic E-state index is 5.94. The van der Waals surface area contributed by atoms with E-state index >= 15 is 0 Å². The first-order valence-corrected chi connectivity index (χ1v) is 8.75. The number of aliphatic imine (C=N–C) groups is 1. The first kappa shape index (κ1) is 17.3. The molecule has 124 valence electrons. The van der Waals surface area contributed by atoms with Crippen molar-refractivity contribution >= 4 is 17.3 Å². The monoisotopic (exact) mass is 331 g/mol. The Hall–Kier alpha value is -2.01. The number of hydrogen-bond donors (Lipinski definition) is 2. The molecule has 1 heterocycles. The number of rotatable bonds is 7. The van der Waals surface area contributed by atoms with Crippen molar-refractivity contribution in [2.45, 2.75) is 39.8 Å². The molecule has 4 nitrogen and oxygen atoms in total. The summed E-state index contributed by atoms with van der Waals surface area (Å²) in [6.07, 6.45) is 1.10. The predicted molar refractivity (Wildman–Crippen MR) is 98.3 cm³/mol. The van der Waals surface area contributed by atoms with Crippen molar-refractivity contribution in [3.05, 3.63) is 51.7 Å². The predicted octanol–water partition coefficient (Wildman–Crippen LogP) is 3.49. The van der Waals surface area contributed by atoms with E-state index in [1.54, 1.807) is 11.3 Å². The third kappa shape index (κ3) is 5.94. The van der Waals surface area contributed by atoms with E-state index in [4.69, 9.17) is 10.5 Å². The second-order valence-corrected chi connectivity index (χ2v) is 6.77. The standard InChI is InChI=1S/C18H25N3OS/c1-13(2)22-17-11-14(3)6-7-15(17)12-21-18(19)20-9-8-16-5-4-10-23-16/h4-7,10-11,13H,8-9,12H2,1-3H3,(H3,19,20,21). The SMILES string of the molecule is Cc1ccc(CN=C(N)NCCc2cccs2)c(OC(C)C)c1. The van der Waals surface area contributed by atoms with E-state index in [2.05, 4.69) is 46.9 Å². The lowest BCUT2D eigenvalue weighted by Gasteiger charge is -2.14.